The Morgan fingerprint density at radius 1 is 1.07 bits per heavy atom. The summed E-state index contributed by atoms with van der Waals surface area (Å²) in [5.74, 6) is -0.857. The van der Waals surface area contributed by atoms with Crippen molar-refractivity contribution in [3.05, 3.63) is 22.5 Å². The number of aromatic amines is 1. The molecule has 0 aliphatic rings. The summed E-state index contributed by atoms with van der Waals surface area (Å²) in [5, 5.41) is 3.44. The molecule has 0 atom stereocenters. The van der Waals surface area contributed by atoms with Crippen LogP contribution in [-0.4, -0.2) is 66.8 Å². The van der Waals surface area contributed by atoms with Crippen LogP contribution in [0.25, 0.3) is 0 Å². The number of likely N-dealkylation sites (N-methyl/N-ethyl adjacent to an activating group) is 1. The highest BCUT2D eigenvalue weighted by molar-refractivity contribution is 5.98. The topological polar surface area (TPSA) is 83.7 Å². The van der Waals surface area contributed by atoms with E-state index in [0.29, 0.717) is 23.2 Å². The van der Waals surface area contributed by atoms with E-state index in [2.05, 4.69) is 29.0 Å². The molecule has 1 rings (SSSR count). The third-order valence-corrected chi connectivity index (χ3v) is 4.69. The van der Waals surface area contributed by atoms with Crippen LogP contribution in [0, 0.1) is 6.92 Å². The summed E-state index contributed by atoms with van der Waals surface area (Å²) in [6.07, 6.45) is 1.49. The Balaban J connectivity index is 2.80. The zero-order valence-corrected chi connectivity index (χ0v) is 19.2. The van der Waals surface area contributed by atoms with Crippen LogP contribution in [0.2, 0.25) is 0 Å². The van der Waals surface area contributed by atoms with Crippen LogP contribution in [0.1, 0.15) is 80.1 Å². The molecule has 2 N–H and O–H groups in total. The molecule has 0 saturated heterocycles. The minimum absolute atomic E-state index is 0.289. The lowest BCUT2D eigenvalue weighted by Crippen LogP contribution is -2.32. The quantitative estimate of drug-likeness (QED) is 0.407. The van der Waals surface area contributed by atoms with E-state index in [1.165, 1.54) is 0 Å². The van der Waals surface area contributed by atoms with Gasteiger partial charge in [0.2, 0.25) is 0 Å². The summed E-state index contributed by atoms with van der Waals surface area (Å²) in [6.45, 7) is 18.5. The average molecular weight is 410 g/mol. The van der Waals surface area contributed by atoms with Crippen LogP contribution in [0.3, 0.4) is 0 Å². The van der Waals surface area contributed by atoms with Gasteiger partial charge in [-0.3, -0.25) is 0 Å². The monoisotopic (exact) mass is 409 g/mol. The number of esters is 2. The Kier molecular flexibility index (Phi) is 10.4. The minimum Gasteiger partial charge on any atom is -0.462 e. The second-order valence-corrected chi connectivity index (χ2v) is 8.08. The summed E-state index contributed by atoms with van der Waals surface area (Å²) in [4.78, 5) is 30.5. The molecule has 0 aromatic carbocycles. The van der Waals surface area contributed by atoms with Crippen molar-refractivity contribution in [2.75, 3.05) is 39.3 Å². The zero-order chi connectivity index (χ0) is 22.0. The van der Waals surface area contributed by atoms with Gasteiger partial charge in [-0.1, -0.05) is 13.8 Å². The van der Waals surface area contributed by atoms with Crippen LogP contribution < -0.4 is 5.32 Å². The van der Waals surface area contributed by atoms with Crippen LogP contribution >= 0.6 is 0 Å². The second kappa shape index (κ2) is 12.0. The largest absolute Gasteiger partial charge is 0.462 e. The van der Waals surface area contributed by atoms with E-state index in [4.69, 9.17) is 9.47 Å². The van der Waals surface area contributed by atoms with Gasteiger partial charge in [0.15, 0.2) is 0 Å². The van der Waals surface area contributed by atoms with E-state index >= 15 is 0 Å². The Morgan fingerprint density at radius 2 is 1.72 bits per heavy atom. The molecule has 0 aliphatic heterocycles. The number of carbonyl (C=O) groups is 2. The predicted octanol–water partition coefficient (Wildman–Crippen LogP) is 3.32. The fourth-order valence-corrected chi connectivity index (χ4v) is 3.15. The maximum Gasteiger partial charge on any atom is 0.355 e. The first-order valence-corrected chi connectivity index (χ1v) is 10.7. The predicted molar refractivity (Wildman–Crippen MR) is 116 cm³/mol. The lowest BCUT2D eigenvalue weighted by atomic mass is 10.1. The molecule has 29 heavy (non-hydrogen) atoms. The highest BCUT2D eigenvalue weighted by atomic mass is 16.6. The van der Waals surface area contributed by atoms with Crippen LogP contribution in [-0.2, 0) is 15.9 Å². The molecule has 166 valence electrons. The molecule has 0 fully saturated rings. The SMILES string of the molecule is CCOC(=O)c1c(CCCNCCN(CC)CC)[nH]c(C(=O)OC(C)(C)C)c1C. The number of nitrogens with one attached hydrogen (secondary N) is 2. The van der Waals surface area contributed by atoms with Gasteiger partial charge in [-0.25, -0.2) is 9.59 Å². The molecule has 0 unspecified atom stereocenters. The lowest BCUT2D eigenvalue weighted by molar-refractivity contribution is 0.00625. The number of nitrogens with zero attached hydrogens (tertiary/aromatic N) is 1. The lowest BCUT2D eigenvalue weighted by Gasteiger charge is -2.19. The van der Waals surface area contributed by atoms with Gasteiger partial charge in [-0.2, -0.15) is 0 Å². The van der Waals surface area contributed by atoms with Crippen molar-refractivity contribution in [1.82, 2.24) is 15.2 Å². The molecule has 0 saturated carbocycles. The molecular weight excluding hydrogens is 370 g/mol. The molecule has 7 heteroatoms. The van der Waals surface area contributed by atoms with Gasteiger partial charge in [-0.05, 0) is 72.7 Å². The molecule has 1 heterocycles. The summed E-state index contributed by atoms with van der Waals surface area (Å²) in [5.41, 5.74) is 1.49. The molecular formula is C22H39N3O4. The van der Waals surface area contributed by atoms with Crippen LogP contribution in [0.5, 0.6) is 0 Å². The number of hydrogen-bond acceptors (Lipinski definition) is 6. The van der Waals surface area contributed by atoms with Crippen LogP contribution in [0.15, 0.2) is 0 Å². The molecule has 7 nitrogen and oxygen atoms in total. The summed E-state index contributed by atoms with van der Waals surface area (Å²) < 4.78 is 10.7. The molecule has 0 bridgehead atoms. The number of ether oxygens (including phenoxy) is 2. The van der Waals surface area contributed by atoms with Gasteiger partial charge < -0.3 is 24.7 Å². The summed E-state index contributed by atoms with van der Waals surface area (Å²) >= 11 is 0. The highest BCUT2D eigenvalue weighted by Crippen LogP contribution is 2.23. The molecule has 1 aromatic heterocycles. The molecule has 0 amide bonds. The number of aromatic nitrogens is 1. The van der Waals surface area contributed by atoms with Crippen LogP contribution in [0.4, 0.5) is 0 Å². The zero-order valence-electron chi connectivity index (χ0n) is 19.2. The summed E-state index contributed by atoms with van der Waals surface area (Å²) in [7, 11) is 0. The number of rotatable bonds is 12. The second-order valence-electron chi connectivity index (χ2n) is 8.08. The molecule has 0 radical (unpaired) electrons. The van der Waals surface area contributed by atoms with Gasteiger partial charge in [0.25, 0.3) is 0 Å². The first kappa shape index (κ1) is 25.2. The molecule has 0 spiro atoms. The van der Waals surface area contributed by atoms with E-state index in [-0.39, 0.29) is 6.61 Å². The minimum atomic E-state index is -0.604. The van der Waals surface area contributed by atoms with E-state index in [1.807, 2.05) is 20.8 Å². The Morgan fingerprint density at radius 3 is 2.28 bits per heavy atom. The van der Waals surface area contributed by atoms with Crippen molar-refractivity contribution >= 4 is 11.9 Å². The van der Waals surface area contributed by atoms with Gasteiger partial charge in [-0.15, -0.1) is 0 Å². The first-order chi connectivity index (χ1) is 13.6. The Labute approximate surface area is 175 Å². The van der Waals surface area contributed by atoms with E-state index in [9.17, 15) is 9.59 Å². The van der Waals surface area contributed by atoms with Gasteiger partial charge in [0, 0.05) is 18.8 Å². The third-order valence-electron chi connectivity index (χ3n) is 4.69. The van der Waals surface area contributed by atoms with Crippen molar-refractivity contribution in [2.45, 2.75) is 66.9 Å². The fraction of sp³-hybridized carbons (Fsp3) is 0.727. The smallest absolute Gasteiger partial charge is 0.355 e. The first-order valence-electron chi connectivity index (χ1n) is 10.7. The number of hydrogen-bond donors (Lipinski definition) is 2. The van der Waals surface area contributed by atoms with Crippen molar-refractivity contribution in [3.63, 3.8) is 0 Å². The number of carbonyl (C=O) groups excluding carboxylic acids is 2. The third kappa shape index (κ3) is 8.19. The van der Waals surface area contributed by atoms with Gasteiger partial charge >= 0.3 is 11.9 Å². The normalized spacial score (nSPS) is 11.7. The average Bonchev–Trinajstić information content (AvgIpc) is 2.96. The Hall–Kier alpha value is -1.86. The van der Waals surface area contributed by atoms with E-state index in [0.717, 1.165) is 44.8 Å². The van der Waals surface area contributed by atoms with Gasteiger partial charge in [0.05, 0.1) is 12.2 Å². The van der Waals surface area contributed by atoms with Crippen molar-refractivity contribution < 1.29 is 19.1 Å². The molecule has 1 aromatic rings. The maximum absolute atomic E-state index is 12.5. The molecule has 0 aliphatic carbocycles. The number of aryl methyl sites for hydroxylation is 1. The van der Waals surface area contributed by atoms with Gasteiger partial charge in [0.1, 0.15) is 11.3 Å². The van der Waals surface area contributed by atoms with Crippen molar-refractivity contribution in [1.29, 1.82) is 0 Å². The van der Waals surface area contributed by atoms with E-state index < -0.39 is 17.5 Å². The van der Waals surface area contributed by atoms with Crippen molar-refractivity contribution in [2.24, 2.45) is 0 Å². The highest BCUT2D eigenvalue weighted by Gasteiger charge is 2.27. The maximum atomic E-state index is 12.5. The number of H-pyrrole nitrogens is 1. The van der Waals surface area contributed by atoms with Crippen molar-refractivity contribution in [3.8, 4) is 0 Å². The standard InChI is InChI=1S/C22H39N3O4/c1-8-25(9-2)15-14-23-13-11-12-17-18(20(26)28-10-3)16(4)19(24-17)21(27)29-22(5,6)7/h23-24H,8-15H2,1-7H3. The van der Waals surface area contributed by atoms with E-state index in [1.54, 1.807) is 13.8 Å². The summed E-state index contributed by atoms with van der Waals surface area (Å²) in [6, 6.07) is 0. The Bertz CT molecular complexity index is 658. The fourth-order valence-electron chi connectivity index (χ4n) is 3.15.